The molecule has 19 heavy (non-hydrogen) atoms. The maximum absolute atomic E-state index is 12.0. The Balaban J connectivity index is 2.10. The summed E-state index contributed by atoms with van der Waals surface area (Å²) in [5.41, 5.74) is 0.724. The number of imide groups is 1. The van der Waals surface area contributed by atoms with E-state index in [2.05, 4.69) is 4.98 Å². The predicted molar refractivity (Wildman–Crippen MR) is 70.1 cm³/mol. The Morgan fingerprint density at radius 2 is 2.32 bits per heavy atom. The van der Waals surface area contributed by atoms with Crippen molar-refractivity contribution in [1.29, 1.82) is 0 Å². The number of rotatable bonds is 4. The van der Waals surface area contributed by atoms with Gasteiger partial charge in [0.25, 0.3) is 11.1 Å². The quantitative estimate of drug-likeness (QED) is 0.669. The van der Waals surface area contributed by atoms with Crippen molar-refractivity contribution in [1.82, 2.24) is 9.88 Å². The van der Waals surface area contributed by atoms with Crippen LogP contribution in [0, 0.1) is 0 Å². The largest absolute Gasteiger partial charge is 0.465 e. The highest BCUT2D eigenvalue weighted by Gasteiger charge is 2.36. The average molecular weight is 280 g/mol. The maximum atomic E-state index is 12.0. The molecule has 1 aromatic rings. The zero-order chi connectivity index (χ0) is 13.8. The van der Waals surface area contributed by atoms with Gasteiger partial charge in [0.15, 0.2) is 0 Å². The van der Waals surface area contributed by atoms with Crippen LogP contribution >= 0.6 is 11.8 Å². The van der Waals surface area contributed by atoms with Gasteiger partial charge in [-0.25, -0.2) is 0 Å². The van der Waals surface area contributed by atoms with Gasteiger partial charge in [0.05, 0.1) is 11.5 Å². The number of carbonyl (C=O) groups is 3. The molecule has 100 valence electrons. The minimum absolute atomic E-state index is 0.216. The maximum Gasteiger partial charge on any atom is 0.326 e. The fraction of sp³-hybridized carbons (Fsp3) is 0.250. The van der Waals surface area contributed by atoms with E-state index in [0.717, 1.165) is 22.4 Å². The molecule has 1 aliphatic rings. The van der Waals surface area contributed by atoms with Crippen molar-refractivity contribution in [3.05, 3.63) is 28.9 Å². The summed E-state index contributed by atoms with van der Waals surface area (Å²) >= 11 is 0.811. The van der Waals surface area contributed by atoms with Crippen LogP contribution in [0.15, 0.2) is 23.2 Å². The van der Waals surface area contributed by atoms with E-state index in [0.29, 0.717) is 0 Å². The lowest BCUT2D eigenvalue weighted by molar-refractivity contribution is -0.145. The zero-order valence-corrected chi connectivity index (χ0v) is 11.0. The summed E-state index contributed by atoms with van der Waals surface area (Å²) in [5.74, 6) is -1.07. The van der Waals surface area contributed by atoms with Crippen LogP contribution in [0.3, 0.4) is 0 Å². The minimum Gasteiger partial charge on any atom is -0.465 e. The third-order valence-electron chi connectivity index (χ3n) is 2.37. The first-order valence-electron chi connectivity index (χ1n) is 5.66. The Morgan fingerprint density at radius 3 is 2.95 bits per heavy atom. The van der Waals surface area contributed by atoms with Gasteiger partial charge in [0.1, 0.15) is 6.54 Å². The molecule has 1 N–H and O–H groups in total. The molecular formula is C12H12N2O4S. The molecule has 0 radical (unpaired) electrons. The van der Waals surface area contributed by atoms with E-state index in [4.69, 9.17) is 4.74 Å². The summed E-state index contributed by atoms with van der Waals surface area (Å²) in [6, 6.07) is 3.56. The fourth-order valence-corrected chi connectivity index (χ4v) is 2.38. The predicted octanol–water partition coefficient (Wildman–Crippen LogP) is 1.61. The molecule has 2 rings (SSSR count). The highest BCUT2D eigenvalue weighted by molar-refractivity contribution is 8.18. The Bertz CT molecular complexity index is 536. The molecule has 0 bridgehead atoms. The van der Waals surface area contributed by atoms with Gasteiger partial charge in [-0.2, -0.15) is 0 Å². The highest BCUT2D eigenvalue weighted by Crippen LogP contribution is 2.31. The number of carbonyl (C=O) groups excluding carboxylic acids is 3. The molecule has 7 heteroatoms. The van der Waals surface area contributed by atoms with Crippen LogP contribution < -0.4 is 0 Å². The number of amides is 2. The van der Waals surface area contributed by atoms with E-state index in [9.17, 15) is 14.4 Å². The van der Waals surface area contributed by atoms with E-state index in [1.165, 1.54) is 0 Å². The van der Waals surface area contributed by atoms with Crippen molar-refractivity contribution in [2.24, 2.45) is 0 Å². The number of nitrogens with zero attached hydrogens (tertiary/aromatic N) is 1. The van der Waals surface area contributed by atoms with Gasteiger partial charge in [0, 0.05) is 11.9 Å². The standard InChI is InChI=1S/C12H12N2O4S/c1-2-18-10(15)7-14-11(16)9(19-12(14)17)6-8-4-3-5-13-8/h3-6,13H,2,7H2,1H3/b9-6+. The third kappa shape index (κ3) is 3.05. The van der Waals surface area contributed by atoms with Crippen LogP contribution in [0.2, 0.25) is 0 Å². The Hall–Kier alpha value is -2.02. The molecule has 0 aromatic carbocycles. The number of hydrogen-bond donors (Lipinski definition) is 1. The van der Waals surface area contributed by atoms with Gasteiger partial charge in [-0.15, -0.1) is 0 Å². The molecule has 2 amide bonds. The summed E-state index contributed by atoms with van der Waals surface area (Å²) in [6.45, 7) is 1.53. The molecule has 0 atom stereocenters. The first-order chi connectivity index (χ1) is 9.11. The molecule has 1 saturated heterocycles. The van der Waals surface area contributed by atoms with Crippen LogP contribution in [0.1, 0.15) is 12.6 Å². The third-order valence-corrected chi connectivity index (χ3v) is 3.28. The second-order valence-electron chi connectivity index (χ2n) is 3.70. The van der Waals surface area contributed by atoms with Gasteiger partial charge in [0.2, 0.25) is 0 Å². The van der Waals surface area contributed by atoms with Gasteiger partial charge in [-0.1, -0.05) is 0 Å². The summed E-state index contributed by atoms with van der Waals surface area (Å²) in [6.07, 6.45) is 3.30. The van der Waals surface area contributed by atoms with Gasteiger partial charge in [-0.3, -0.25) is 19.3 Å². The number of nitrogens with one attached hydrogen (secondary N) is 1. The highest BCUT2D eigenvalue weighted by atomic mass is 32.2. The zero-order valence-electron chi connectivity index (χ0n) is 10.2. The van der Waals surface area contributed by atoms with E-state index in [-0.39, 0.29) is 18.1 Å². The minimum atomic E-state index is -0.592. The first kappa shape index (κ1) is 13.4. The smallest absolute Gasteiger partial charge is 0.326 e. The lowest BCUT2D eigenvalue weighted by Gasteiger charge is -2.10. The number of hydrogen-bond acceptors (Lipinski definition) is 5. The molecule has 1 aliphatic heterocycles. The van der Waals surface area contributed by atoms with Gasteiger partial charge >= 0.3 is 5.97 Å². The Labute approximate surface area is 113 Å². The summed E-state index contributed by atoms with van der Waals surface area (Å²) in [7, 11) is 0. The molecule has 0 spiro atoms. The normalized spacial score (nSPS) is 17.3. The molecule has 1 fully saturated rings. The lowest BCUT2D eigenvalue weighted by Crippen LogP contribution is -2.34. The van der Waals surface area contributed by atoms with Crippen molar-refractivity contribution in [2.75, 3.05) is 13.2 Å². The van der Waals surface area contributed by atoms with E-state index < -0.39 is 17.1 Å². The molecule has 0 unspecified atom stereocenters. The summed E-state index contributed by atoms with van der Waals surface area (Å²) in [4.78, 5) is 39.0. The number of aromatic amines is 1. The second-order valence-corrected chi connectivity index (χ2v) is 4.69. The number of H-pyrrole nitrogens is 1. The van der Waals surface area contributed by atoms with Crippen molar-refractivity contribution >= 4 is 35.0 Å². The lowest BCUT2D eigenvalue weighted by atomic mass is 10.3. The summed E-state index contributed by atoms with van der Waals surface area (Å²) < 4.78 is 4.72. The van der Waals surface area contributed by atoms with Crippen molar-refractivity contribution in [2.45, 2.75) is 6.92 Å². The summed E-state index contributed by atoms with van der Waals surface area (Å²) in [5, 5.41) is -0.462. The molecule has 6 nitrogen and oxygen atoms in total. The van der Waals surface area contributed by atoms with Crippen LogP contribution in [0.4, 0.5) is 4.79 Å². The van der Waals surface area contributed by atoms with Crippen LogP contribution in [-0.4, -0.2) is 40.2 Å². The van der Waals surface area contributed by atoms with Crippen LogP contribution in [0.5, 0.6) is 0 Å². The van der Waals surface area contributed by atoms with Crippen LogP contribution in [0.25, 0.3) is 6.08 Å². The fourth-order valence-electron chi connectivity index (χ4n) is 1.55. The second kappa shape index (κ2) is 5.75. The van der Waals surface area contributed by atoms with Crippen LogP contribution in [-0.2, 0) is 14.3 Å². The van der Waals surface area contributed by atoms with E-state index >= 15 is 0 Å². The number of aromatic nitrogens is 1. The molecule has 0 saturated carbocycles. The van der Waals surface area contributed by atoms with Crippen molar-refractivity contribution < 1.29 is 19.1 Å². The van der Waals surface area contributed by atoms with Crippen molar-refractivity contribution in [3.8, 4) is 0 Å². The SMILES string of the molecule is CCOC(=O)CN1C(=O)S/C(=C/c2ccc[nH]2)C1=O. The molecule has 2 heterocycles. The number of thioether (sulfide) groups is 1. The number of ether oxygens (including phenoxy) is 1. The van der Waals surface area contributed by atoms with Crippen molar-refractivity contribution in [3.63, 3.8) is 0 Å². The monoisotopic (exact) mass is 280 g/mol. The van der Waals surface area contributed by atoms with Gasteiger partial charge in [-0.05, 0) is 36.9 Å². The Morgan fingerprint density at radius 1 is 1.53 bits per heavy atom. The average Bonchev–Trinajstić information content (AvgIpc) is 2.95. The van der Waals surface area contributed by atoms with Gasteiger partial charge < -0.3 is 9.72 Å². The Kier molecular flexibility index (Phi) is 4.06. The van der Waals surface area contributed by atoms with E-state index in [1.54, 1.807) is 31.3 Å². The number of esters is 1. The molecule has 0 aliphatic carbocycles. The first-order valence-corrected chi connectivity index (χ1v) is 6.48. The van der Waals surface area contributed by atoms with E-state index in [1.807, 2.05) is 0 Å². The molecular weight excluding hydrogens is 268 g/mol. The topological polar surface area (TPSA) is 79.5 Å². The molecule has 1 aromatic heterocycles.